The van der Waals surface area contributed by atoms with E-state index in [1.807, 2.05) is 0 Å². The molecular formula is C15H13BrN2O4S. The predicted molar refractivity (Wildman–Crippen MR) is 89.8 cm³/mol. The Hall–Kier alpha value is -2.19. The van der Waals surface area contributed by atoms with Gasteiger partial charge in [-0.3, -0.25) is 0 Å². The Morgan fingerprint density at radius 2 is 1.78 bits per heavy atom. The summed E-state index contributed by atoms with van der Waals surface area (Å²) in [6.07, 6.45) is 0. The van der Waals surface area contributed by atoms with Gasteiger partial charge < -0.3 is 10.5 Å². The monoisotopic (exact) mass is 396 g/mol. The minimum atomic E-state index is -4.09. The van der Waals surface area contributed by atoms with E-state index >= 15 is 0 Å². The lowest BCUT2D eigenvalue weighted by molar-refractivity contribution is 0.0600. The molecule has 2 aromatic rings. The third-order valence-corrected chi connectivity index (χ3v) is 5.20. The number of rotatable bonds is 4. The summed E-state index contributed by atoms with van der Waals surface area (Å²) in [6, 6.07) is 12.6. The van der Waals surface area contributed by atoms with Gasteiger partial charge in [0.1, 0.15) is 10.7 Å². The van der Waals surface area contributed by atoms with Gasteiger partial charge in [0.15, 0.2) is 0 Å². The van der Waals surface area contributed by atoms with Crippen LogP contribution in [0.2, 0.25) is 0 Å². The first-order chi connectivity index (χ1) is 10.8. The molecule has 0 unspecified atom stereocenters. The Kier molecular flexibility index (Phi) is 5.17. The standard InChI is InChI=1S/C15H13BrN2O4S/c1-22-15(19)11-7-8-12(16)13(9-11)23(20,21)18-14(17)10-5-3-2-4-6-10/h2-9H,1H3,(H2,17,18). The third-order valence-electron chi connectivity index (χ3n) is 2.92. The average molecular weight is 397 g/mol. The Labute approximate surface area is 142 Å². The van der Waals surface area contributed by atoms with Gasteiger partial charge in [0.05, 0.1) is 12.7 Å². The topological polar surface area (TPSA) is 98.8 Å². The number of halogens is 1. The number of nitrogens with two attached hydrogens (primary N) is 1. The molecule has 0 fully saturated rings. The summed E-state index contributed by atoms with van der Waals surface area (Å²) in [5, 5.41) is 0. The third kappa shape index (κ3) is 3.96. The van der Waals surface area contributed by atoms with Gasteiger partial charge in [0.2, 0.25) is 0 Å². The van der Waals surface area contributed by atoms with Gasteiger partial charge in [0.25, 0.3) is 10.0 Å². The molecule has 0 spiro atoms. The maximum atomic E-state index is 12.5. The zero-order valence-electron chi connectivity index (χ0n) is 12.1. The van der Waals surface area contributed by atoms with Crippen LogP contribution < -0.4 is 5.73 Å². The molecule has 0 bridgehead atoms. The van der Waals surface area contributed by atoms with Crippen molar-refractivity contribution in [3.05, 3.63) is 64.1 Å². The molecule has 23 heavy (non-hydrogen) atoms. The highest BCUT2D eigenvalue weighted by Crippen LogP contribution is 2.25. The zero-order valence-corrected chi connectivity index (χ0v) is 14.5. The molecule has 0 heterocycles. The Bertz CT molecular complexity index is 864. The number of benzene rings is 2. The summed E-state index contributed by atoms with van der Waals surface area (Å²) in [6.45, 7) is 0. The fourth-order valence-electron chi connectivity index (χ4n) is 1.79. The van der Waals surface area contributed by atoms with Gasteiger partial charge in [-0.25, -0.2) is 4.79 Å². The lowest BCUT2D eigenvalue weighted by Gasteiger charge is -2.06. The SMILES string of the molecule is COC(=O)c1ccc(Br)c(S(=O)(=O)/N=C(/N)c2ccccc2)c1. The van der Waals surface area contributed by atoms with Crippen LogP contribution in [0.1, 0.15) is 15.9 Å². The van der Waals surface area contributed by atoms with Crippen LogP contribution in [0.5, 0.6) is 0 Å². The first-order valence-corrected chi connectivity index (χ1v) is 8.62. The molecule has 0 saturated carbocycles. The Morgan fingerprint density at radius 1 is 1.13 bits per heavy atom. The van der Waals surface area contributed by atoms with E-state index in [0.29, 0.717) is 5.56 Å². The number of nitrogens with zero attached hydrogens (tertiary/aromatic N) is 1. The van der Waals surface area contributed by atoms with E-state index in [0.717, 1.165) is 0 Å². The fraction of sp³-hybridized carbons (Fsp3) is 0.0667. The molecule has 0 amide bonds. The molecular weight excluding hydrogens is 384 g/mol. The number of esters is 1. The number of hydrogen-bond acceptors (Lipinski definition) is 4. The quantitative estimate of drug-likeness (QED) is 0.485. The number of carbonyl (C=O) groups excluding carboxylic acids is 1. The fourth-order valence-corrected chi connectivity index (χ4v) is 3.70. The van der Waals surface area contributed by atoms with Crippen LogP contribution >= 0.6 is 15.9 Å². The van der Waals surface area contributed by atoms with Gasteiger partial charge >= 0.3 is 5.97 Å². The summed E-state index contributed by atoms with van der Waals surface area (Å²) in [5.74, 6) is -0.782. The zero-order chi connectivity index (χ0) is 17.0. The second kappa shape index (κ2) is 6.93. The molecule has 0 saturated heterocycles. The number of amidine groups is 1. The molecule has 0 aromatic heterocycles. The van der Waals surface area contributed by atoms with Crippen molar-refractivity contribution < 1.29 is 17.9 Å². The number of sulfonamides is 1. The van der Waals surface area contributed by atoms with Crippen LogP contribution in [-0.2, 0) is 14.8 Å². The van der Waals surface area contributed by atoms with E-state index < -0.39 is 16.0 Å². The normalized spacial score (nSPS) is 12.0. The van der Waals surface area contributed by atoms with Crippen LogP contribution in [0.25, 0.3) is 0 Å². The first-order valence-electron chi connectivity index (χ1n) is 6.39. The van der Waals surface area contributed by atoms with Crippen molar-refractivity contribution in [2.75, 3.05) is 7.11 Å². The number of methoxy groups -OCH3 is 1. The summed E-state index contributed by atoms with van der Waals surface area (Å²) < 4.78 is 33.4. The van der Waals surface area contributed by atoms with Crippen LogP contribution in [0.15, 0.2) is 62.3 Å². The second-order valence-corrected chi connectivity index (χ2v) is 6.88. The Morgan fingerprint density at radius 3 is 2.39 bits per heavy atom. The molecule has 0 aliphatic rings. The van der Waals surface area contributed by atoms with Crippen molar-refractivity contribution in [1.29, 1.82) is 0 Å². The van der Waals surface area contributed by atoms with Crippen molar-refractivity contribution in [3.63, 3.8) is 0 Å². The largest absolute Gasteiger partial charge is 0.465 e. The maximum Gasteiger partial charge on any atom is 0.337 e. The summed E-state index contributed by atoms with van der Waals surface area (Å²) in [4.78, 5) is 11.4. The molecule has 0 radical (unpaired) electrons. The maximum absolute atomic E-state index is 12.5. The average Bonchev–Trinajstić information content (AvgIpc) is 2.54. The van der Waals surface area contributed by atoms with Crippen LogP contribution in [0.3, 0.4) is 0 Å². The first kappa shape index (κ1) is 17.2. The van der Waals surface area contributed by atoms with Gasteiger partial charge in [-0.2, -0.15) is 8.42 Å². The van der Waals surface area contributed by atoms with Gasteiger partial charge in [-0.1, -0.05) is 30.3 Å². The van der Waals surface area contributed by atoms with E-state index in [4.69, 9.17) is 5.73 Å². The van der Waals surface area contributed by atoms with Crippen molar-refractivity contribution >= 4 is 37.8 Å². The molecule has 6 nitrogen and oxygen atoms in total. The van der Waals surface area contributed by atoms with Crippen molar-refractivity contribution in [1.82, 2.24) is 0 Å². The van der Waals surface area contributed by atoms with E-state index in [2.05, 4.69) is 25.1 Å². The van der Waals surface area contributed by atoms with E-state index in [1.54, 1.807) is 30.3 Å². The molecule has 8 heteroatoms. The number of hydrogen-bond donors (Lipinski definition) is 1. The molecule has 0 aliphatic heterocycles. The smallest absolute Gasteiger partial charge is 0.337 e. The molecule has 2 rings (SSSR count). The lowest BCUT2D eigenvalue weighted by atomic mass is 10.2. The van der Waals surface area contributed by atoms with E-state index in [9.17, 15) is 13.2 Å². The van der Waals surface area contributed by atoms with Crippen LogP contribution in [0.4, 0.5) is 0 Å². The Balaban J connectivity index is 2.50. The minimum absolute atomic E-state index is 0.0998. The van der Waals surface area contributed by atoms with E-state index in [-0.39, 0.29) is 20.8 Å². The van der Waals surface area contributed by atoms with Gasteiger partial charge in [-0.15, -0.1) is 4.40 Å². The highest BCUT2D eigenvalue weighted by Gasteiger charge is 2.20. The van der Waals surface area contributed by atoms with Gasteiger partial charge in [0, 0.05) is 10.0 Å². The summed E-state index contributed by atoms with van der Waals surface area (Å²) in [5.41, 5.74) is 6.34. The van der Waals surface area contributed by atoms with Crippen LogP contribution in [0, 0.1) is 0 Å². The molecule has 120 valence electrons. The summed E-state index contributed by atoms with van der Waals surface area (Å²) >= 11 is 3.14. The predicted octanol–water partition coefficient (Wildman–Crippen LogP) is 2.33. The highest BCUT2D eigenvalue weighted by atomic mass is 79.9. The summed E-state index contributed by atoms with van der Waals surface area (Å²) in [7, 11) is -2.88. The van der Waals surface area contributed by atoms with E-state index in [1.165, 1.54) is 25.3 Å². The van der Waals surface area contributed by atoms with Crippen LogP contribution in [-0.4, -0.2) is 27.3 Å². The van der Waals surface area contributed by atoms with Crippen molar-refractivity contribution in [2.24, 2.45) is 10.1 Å². The van der Waals surface area contributed by atoms with Gasteiger partial charge in [-0.05, 0) is 34.1 Å². The van der Waals surface area contributed by atoms with Crippen molar-refractivity contribution in [3.8, 4) is 0 Å². The number of carbonyl (C=O) groups is 1. The molecule has 0 aliphatic carbocycles. The molecule has 2 aromatic carbocycles. The second-order valence-electron chi connectivity index (χ2n) is 4.45. The highest BCUT2D eigenvalue weighted by molar-refractivity contribution is 9.10. The van der Waals surface area contributed by atoms with Crippen molar-refractivity contribution in [2.45, 2.75) is 4.90 Å². The molecule has 0 atom stereocenters. The minimum Gasteiger partial charge on any atom is -0.465 e. The number of ether oxygens (including phenoxy) is 1. The lowest BCUT2D eigenvalue weighted by Crippen LogP contribution is -2.16. The molecule has 2 N–H and O–H groups in total.